The van der Waals surface area contributed by atoms with Gasteiger partial charge in [0.25, 0.3) is 0 Å². The van der Waals surface area contributed by atoms with E-state index in [0.29, 0.717) is 38.8 Å². The van der Waals surface area contributed by atoms with E-state index in [9.17, 15) is 32.7 Å². The van der Waals surface area contributed by atoms with Crippen LogP contribution < -0.4 is 10.6 Å². The largest absolute Gasteiger partial charge is 0.479 e. The quantitative estimate of drug-likeness (QED) is 0.256. The van der Waals surface area contributed by atoms with Crippen LogP contribution in [-0.4, -0.2) is 96.2 Å². The van der Waals surface area contributed by atoms with Gasteiger partial charge in [0.15, 0.2) is 0 Å². The van der Waals surface area contributed by atoms with Crippen molar-refractivity contribution < 1.29 is 37.4 Å². The van der Waals surface area contributed by atoms with Crippen LogP contribution in [0.2, 0.25) is 0 Å². The highest BCUT2D eigenvalue weighted by atomic mass is 32.2. The molecule has 2 heterocycles. The zero-order valence-corrected chi connectivity index (χ0v) is 25.8. The Morgan fingerprint density at radius 1 is 1.07 bits per heavy atom. The van der Waals surface area contributed by atoms with E-state index in [2.05, 4.69) is 17.6 Å². The zero-order valence-electron chi connectivity index (χ0n) is 24.9. The molecule has 13 heteroatoms. The summed E-state index contributed by atoms with van der Waals surface area (Å²) in [6, 6.07) is -0.801. The fourth-order valence-electron chi connectivity index (χ4n) is 5.77. The van der Waals surface area contributed by atoms with Crippen molar-refractivity contribution in [1.82, 2.24) is 19.8 Å². The third-order valence-electron chi connectivity index (χ3n) is 8.54. The number of carbonyl (C=O) groups excluding carboxylic acids is 3. The molecule has 2 unspecified atom stereocenters. The van der Waals surface area contributed by atoms with Gasteiger partial charge in [0.2, 0.25) is 21.8 Å². The van der Waals surface area contributed by atoms with Crippen LogP contribution in [0.3, 0.4) is 0 Å². The van der Waals surface area contributed by atoms with Crippen LogP contribution >= 0.6 is 0 Å². The highest BCUT2D eigenvalue weighted by molar-refractivity contribution is 7.89. The minimum absolute atomic E-state index is 0.0344. The third-order valence-corrected chi connectivity index (χ3v) is 10.5. The number of nitrogens with one attached hydrogen (secondary N) is 2. The van der Waals surface area contributed by atoms with Gasteiger partial charge in [0.05, 0.1) is 12.3 Å². The first kappa shape index (κ1) is 33.1. The number of carboxylic acids is 1. The molecule has 12 nitrogen and oxygen atoms in total. The smallest absolute Gasteiger partial charge is 0.407 e. The van der Waals surface area contributed by atoms with Gasteiger partial charge in [-0.25, -0.2) is 18.0 Å². The molecule has 2 aliphatic heterocycles. The number of carbonyl (C=O) groups is 4. The number of unbranched alkanes of at least 4 members (excludes halogenated alkanes) is 4. The summed E-state index contributed by atoms with van der Waals surface area (Å²) in [5, 5.41) is 15.1. The molecule has 3 amide bonds. The van der Waals surface area contributed by atoms with Crippen molar-refractivity contribution >= 4 is 33.9 Å². The molecular weight excluding hydrogens is 552 g/mol. The molecule has 1 aliphatic carbocycles. The summed E-state index contributed by atoms with van der Waals surface area (Å²) in [5.74, 6) is -2.03. The topological polar surface area (TPSA) is 162 Å². The van der Waals surface area contributed by atoms with Gasteiger partial charge in [-0.2, -0.15) is 4.31 Å². The number of hydrogen-bond donors (Lipinski definition) is 3. The lowest BCUT2D eigenvalue weighted by atomic mass is 9.89. The normalized spacial score (nSPS) is 26.4. The van der Waals surface area contributed by atoms with Crippen LogP contribution in [0.5, 0.6) is 0 Å². The maximum absolute atomic E-state index is 13.2. The fourth-order valence-corrected chi connectivity index (χ4v) is 7.29. The summed E-state index contributed by atoms with van der Waals surface area (Å²) < 4.78 is 31.4. The van der Waals surface area contributed by atoms with Gasteiger partial charge in [0.1, 0.15) is 24.2 Å². The Hall–Kier alpha value is -2.41. The van der Waals surface area contributed by atoms with Crippen molar-refractivity contribution in [2.75, 3.05) is 31.9 Å². The Kier molecular flexibility index (Phi) is 11.1. The average molecular weight is 601 g/mol. The van der Waals surface area contributed by atoms with Crippen LogP contribution in [0.15, 0.2) is 0 Å². The summed E-state index contributed by atoms with van der Waals surface area (Å²) >= 11 is 0. The molecule has 4 atom stereocenters. The number of aliphatic carboxylic acids is 1. The predicted molar refractivity (Wildman–Crippen MR) is 152 cm³/mol. The molecule has 1 saturated carbocycles. The van der Waals surface area contributed by atoms with Crippen molar-refractivity contribution in [3.8, 4) is 0 Å². The molecule has 0 aromatic carbocycles. The zero-order chi connectivity index (χ0) is 30.4. The summed E-state index contributed by atoms with van der Waals surface area (Å²) in [6.45, 7) is 8.00. The fraction of sp³-hybridized carbons (Fsp3) is 0.857. The number of carboxylic acid groups (broad SMARTS) is 1. The van der Waals surface area contributed by atoms with E-state index in [4.69, 9.17) is 4.74 Å². The molecule has 41 heavy (non-hydrogen) atoms. The van der Waals surface area contributed by atoms with E-state index in [1.807, 2.05) is 20.8 Å². The highest BCUT2D eigenvalue weighted by Gasteiger charge is 2.61. The molecule has 2 saturated heterocycles. The molecule has 3 aliphatic rings. The molecule has 0 aromatic heterocycles. The third kappa shape index (κ3) is 8.56. The summed E-state index contributed by atoms with van der Waals surface area (Å²) in [7, 11) is -3.37. The maximum Gasteiger partial charge on any atom is 0.407 e. The van der Waals surface area contributed by atoms with Crippen LogP contribution in [0.1, 0.15) is 91.9 Å². The summed E-state index contributed by atoms with van der Waals surface area (Å²) in [5.41, 5.74) is -1.82. The minimum atomic E-state index is -3.37. The first-order valence-electron chi connectivity index (χ1n) is 15.0. The number of rotatable bonds is 14. The number of sulfonamides is 1. The van der Waals surface area contributed by atoms with Crippen LogP contribution in [-0.2, 0) is 29.1 Å². The summed E-state index contributed by atoms with van der Waals surface area (Å²) in [4.78, 5) is 52.2. The monoisotopic (exact) mass is 600 g/mol. The number of hydrogen-bond acceptors (Lipinski definition) is 7. The Labute approximate surface area is 244 Å². The summed E-state index contributed by atoms with van der Waals surface area (Å²) in [6.07, 6.45) is 6.46. The van der Waals surface area contributed by atoms with Crippen molar-refractivity contribution in [2.45, 2.75) is 110 Å². The molecule has 0 aromatic rings. The minimum Gasteiger partial charge on any atom is -0.479 e. The molecule has 234 valence electrons. The Morgan fingerprint density at radius 2 is 1.78 bits per heavy atom. The Balaban J connectivity index is 1.51. The van der Waals surface area contributed by atoms with Gasteiger partial charge < -0.3 is 25.4 Å². The maximum atomic E-state index is 13.2. The number of ether oxygens (including phenoxy) is 1. The van der Waals surface area contributed by atoms with E-state index in [1.165, 1.54) is 9.21 Å². The molecule has 0 bridgehead atoms. The van der Waals surface area contributed by atoms with Crippen molar-refractivity contribution in [1.29, 1.82) is 0 Å². The second kappa shape index (κ2) is 13.7. The molecule has 3 rings (SSSR count). The molecule has 3 fully saturated rings. The molecule has 0 radical (unpaired) electrons. The lowest BCUT2D eigenvalue weighted by molar-refractivity contribution is -0.145. The Bertz CT molecular complexity index is 1080. The molecular formula is C28H48N4O8S. The van der Waals surface area contributed by atoms with Crippen LogP contribution in [0.4, 0.5) is 4.79 Å². The van der Waals surface area contributed by atoms with Gasteiger partial charge in [0, 0.05) is 18.5 Å². The van der Waals surface area contributed by atoms with Crippen LogP contribution in [0, 0.1) is 11.3 Å². The van der Waals surface area contributed by atoms with Crippen molar-refractivity contribution in [3.63, 3.8) is 0 Å². The van der Waals surface area contributed by atoms with Gasteiger partial charge in [-0.1, -0.05) is 59.8 Å². The lowest BCUT2D eigenvalue weighted by Gasteiger charge is -2.33. The van der Waals surface area contributed by atoms with E-state index in [0.717, 1.165) is 38.5 Å². The van der Waals surface area contributed by atoms with Gasteiger partial charge in [-0.05, 0) is 38.0 Å². The SMILES string of the molecule is CCCCCCCC1C[C@]1(NC(=O)[C@@H]1CCCN1C(=O)CNC(=O)OC(CN1CCCS1(=O)=O)C(C)(C)C)C(=O)O. The highest BCUT2D eigenvalue weighted by Crippen LogP contribution is 2.47. The molecule has 3 N–H and O–H groups in total. The van der Waals surface area contributed by atoms with Gasteiger partial charge in [-0.3, -0.25) is 9.59 Å². The van der Waals surface area contributed by atoms with Crippen molar-refractivity contribution in [3.05, 3.63) is 0 Å². The second-order valence-corrected chi connectivity index (χ2v) is 14.8. The van der Waals surface area contributed by atoms with E-state index < -0.39 is 63.5 Å². The van der Waals surface area contributed by atoms with E-state index in [-0.39, 0.29) is 18.2 Å². The average Bonchev–Trinajstić information content (AvgIpc) is 3.19. The number of nitrogens with zero attached hydrogens (tertiary/aromatic N) is 2. The predicted octanol–water partition coefficient (Wildman–Crippen LogP) is 2.47. The van der Waals surface area contributed by atoms with Gasteiger partial charge >= 0.3 is 12.1 Å². The van der Waals surface area contributed by atoms with Gasteiger partial charge in [-0.15, -0.1) is 0 Å². The van der Waals surface area contributed by atoms with Crippen molar-refractivity contribution in [2.24, 2.45) is 11.3 Å². The first-order valence-corrected chi connectivity index (χ1v) is 16.6. The van der Waals surface area contributed by atoms with E-state index in [1.54, 1.807) is 0 Å². The second-order valence-electron chi connectivity index (χ2n) is 12.8. The standard InChI is InChI=1S/C28H48N4O8S/c1-5-6-7-8-9-12-20-17-28(20,25(35)36)30-24(34)21-13-10-15-32(21)23(33)18-29-26(37)40-22(27(2,3)4)19-31-14-11-16-41(31,38)39/h20-22H,5-19H2,1-4H3,(H,29,37)(H,30,34)(H,35,36)/t20?,21-,22?,28+/m0/s1. The lowest BCUT2D eigenvalue weighted by Crippen LogP contribution is -2.54. The Morgan fingerprint density at radius 3 is 2.39 bits per heavy atom. The van der Waals surface area contributed by atoms with Crippen LogP contribution in [0.25, 0.3) is 0 Å². The molecule has 0 spiro atoms. The number of amides is 3. The number of alkyl carbamates (subject to hydrolysis) is 1. The number of likely N-dealkylation sites (tertiary alicyclic amines) is 1. The first-order chi connectivity index (χ1) is 19.2. The van der Waals surface area contributed by atoms with E-state index >= 15 is 0 Å².